The molecule has 1 aromatic heterocycles. The number of ether oxygens (including phenoxy) is 1. The molecule has 1 aromatic carbocycles. The van der Waals surface area contributed by atoms with Gasteiger partial charge in [0.1, 0.15) is 0 Å². The number of aromatic nitrogens is 1. The Labute approximate surface area is 88.3 Å². The molecule has 0 bridgehead atoms. The molecule has 0 fully saturated rings. The van der Waals surface area contributed by atoms with Crippen LogP contribution in [0.3, 0.4) is 0 Å². The van der Waals surface area contributed by atoms with Crippen molar-refractivity contribution >= 4 is 10.8 Å². The molecule has 3 heteroatoms. The molecule has 1 heterocycles. The second-order valence-corrected chi connectivity index (χ2v) is 3.51. The van der Waals surface area contributed by atoms with E-state index in [9.17, 15) is 5.11 Å². The molecule has 0 radical (unpaired) electrons. The van der Waals surface area contributed by atoms with Gasteiger partial charge < -0.3 is 9.84 Å². The van der Waals surface area contributed by atoms with Crippen molar-refractivity contribution in [2.45, 2.75) is 13.0 Å². The largest absolute Gasteiger partial charge is 0.481 e. The Kier molecular flexibility index (Phi) is 2.56. The summed E-state index contributed by atoms with van der Waals surface area (Å²) in [6, 6.07) is 7.68. The summed E-state index contributed by atoms with van der Waals surface area (Å²) in [4.78, 5) is 4.12. The highest BCUT2D eigenvalue weighted by atomic mass is 16.5. The van der Waals surface area contributed by atoms with Crippen LogP contribution in [0.1, 0.15) is 18.6 Å². The van der Waals surface area contributed by atoms with Crippen molar-refractivity contribution in [3.8, 4) is 5.88 Å². The molecule has 2 rings (SSSR count). The zero-order chi connectivity index (χ0) is 10.8. The fourth-order valence-electron chi connectivity index (χ4n) is 1.51. The van der Waals surface area contributed by atoms with Gasteiger partial charge in [-0.3, -0.25) is 0 Å². The van der Waals surface area contributed by atoms with Crippen molar-refractivity contribution in [3.63, 3.8) is 0 Å². The fourth-order valence-corrected chi connectivity index (χ4v) is 1.51. The van der Waals surface area contributed by atoms with Gasteiger partial charge in [-0.2, -0.15) is 0 Å². The summed E-state index contributed by atoms with van der Waals surface area (Å²) in [5, 5.41) is 11.5. The number of aliphatic hydroxyl groups is 1. The van der Waals surface area contributed by atoms with Gasteiger partial charge in [-0.1, -0.05) is 12.1 Å². The average Bonchev–Trinajstić information content (AvgIpc) is 2.27. The van der Waals surface area contributed by atoms with E-state index in [4.69, 9.17) is 4.74 Å². The third-order valence-electron chi connectivity index (χ3n) is 2.41. The van der Waals surface area contributed by atoms with E-state index in [1.807, 2.05) is 24.3 Å². The van der Waals surface area contributed by atoms with Crippen LogP contribution in [-0.4, -0.2) is 17.2 Å². The molecule has 0 spiro atoms. The molecule has 15 heavy (non-hydrogen) atoms. The number of nitrogens with zero attached hydrogens (tertiary/aromatic N) is 1. The normalized spacial score (nSPS) is 12.7. The molecule has 0 aliphatic heterocycles. The number of methoxy groups -OCH3 is 1. The molecule has 2 aromatic rings. The lowest BCUT2D eigenvalue weighted by Crippen LogP contribution is -1.91. The Balaban J connectivity index is 2.55. The second kappa shape index (κ2) is 3.87. The molecule has 3 nitrogen and oxygen atoms in total. The molecular formula is C12H13NO2. The molecule has 0 saturated carbocycles. The summed E-state index contributed by atoms with van der Waals surface area (Å²) >= 11 is 0. The maximum absolute atomic E-state index is 9.44. The first kappa shape index (κ1) is 9.93. The molecule has 0 aliphatic rings. The van der Waals surface area contributed by atoms with Crippen LogP contribution in [0.5, 0.6) is 5.88 Å². The highest BCUT2D eigenvalue weighted by molar-refractivity contribution is 5.83. The summed E-state index contributed by atoms with van der Waals surface area (Å²) in [7, 11) is 1.60. The quantitative estimate of drug-likeness (QED) is 0.814. The lowest BCUT2D eigenvalue weighted by molar-refractivity contribution is 0.199. The van der Waals surface area contributed by atoms with E-state index in [0.29, 0.717) is 5.88 Å². The Bertz CT molecular complexity index is 480. The zero-order valence-corrected chi connectivity index (χ0v) is 8.77. The van der Waals surface area contributed by atoms with Gasteiger partial charge in [0.05, 0.1) is 13.2 Å². The predicted molar refractivity (Wildman–Crippen MR) is 58.9 cm³/mol. The number of rotatable bonds is 2. The van der Waals surface area contributed by atoms with Gasteiger partial charge in [-0.15, -0.1) is 0 Å². The van der Waals surface area contributed by atoms with Gasteiger partial charge in [-0.25, -0.2) is 4.98 Å². The lowest BCUT2D eigenvalue weighted by Gasteiger charge is -2.06. The van der Waals surface area contributed by atoms with Gasteiger partial charge in [0.15, 0.2) is 0 Å². The van der Waals surface area contributed by atoms with Gasteiger partial charge in [0.2, 0.25) is 5.88 Å². The van der Waals surface area contributed by atoms with E-state index in [1.54, 1.807) is 20.2 Å². The highest BCUT2D eigenvalue weighted by Crippen LogP contribution is 2.22. The van der Waals surface area contributed by atoms with E-state index < -0.39 is 6.10 Å². The second-order valence-electron chi connectivity index (χ2n) is 3.51. The zero-order valence-electron chi connectivity index (χ0n) is 8.77. The van der Waals surface area contributed by atoms with Crippen LogP contribution in [0.2, 0.25) is 0 Å². The van der Waals surface area contributed by atoms with Crippen molar-refractivity contribution in [1.29, 1.82) is 0 Å². The first-order valence-electron chi connectivity index (χ1n) is 4.82. The Morgan fingerprint density at radius 3 is 2.73 bits per heavy atom. The first-order chi connectivity index (χ1) is 7.20. The minimum Gasteiger partial charge on any atom is -0.481 e. The Morgan fingerprint density at radius 2 is 2.07 bits per heavy atom. The van der Waals surface area contributed by atoms with Gasteiger partial charge in [-0.05, 0) is 23.9 Å². The van der Waals surface area contributed by atoms with Crippen molar-refractivity contribution in [2.24, 2.45) is 0 Å². The monoisotopic (exact) mass is 203 g/mol. The molecular weight excluding hydrogens is 190 g/mol. The number of fused-ring (bicyclic) bond motifs is 1. The van der Waals surface area contributed by atoms with Crippen LogP contribution < -0.4 is 4.74 Å². The van der Waals surface area contributed by atoms with Gasteiger partial charge >= 0.3 is 0 Å². The van der Waals surface area contributed by atoms with Gasteiger partial charge in [0.25, 0.3) is 0 Å². The number of benzene rings is 1. The molecule has 0 saturated heterocycles. The minimum absolute atomic E-state index is 0.448. The Morgan fingerprint density at radius 1 is 1.27 bits per heavy atom. The summed E-state index contributed by atoms with van der Waals surface area (Å²) in [6.45, 7) is 1.75. The van der Waals surface area contributed by atoms with Crippen molar-refractivity contribution in [1.82, 2.24) is 4.98 Å². The molecule has 1 unspecified atom stereocenters. The third kappa shape index (κ3) is 1.92. The average molecular weight is 203 g/mol. The fraction of sp³-hybridized carbons (Fsp3) is 0.250. The topological polar surface area (TPSA) is 42.4 Å². The molecule has 1 atom stereocenters. The number of pyridine rings is 1. The lowest BCUT2D eigenvalue weighted by atomic mass is 10.1. The van der Waals surface area contributed by atoms with Crippen LogP contribution in [0.25, 0.3) is 10.8 Å². The molecule has 1 N–H and O–H groups in total. The molecule has 0 amide bonds. The third-order valence-corrected chi connectivity index (χ3v) is 2.41. The van der Waals surface area contributed by atoms with E-state index in [2.05, 4.69) is 4.98 Å². The van der Waals surface area contributed by atoms with Crippen LogP contribution >= 0.6 is 0 Å². The smallest absolute Gasteiger partial charge is 0.213 e. The van der Waals surface area contributed by atoms with Crippen molar-refractivity contribution in [2.75, 3.05) is 7.11 Å². The van der Waals surface area contributed by atoms with Crippen molar-refractivity contribution in [3.05, 3.63) is 36.0 Å². The molecule has 0 aliphatic carbocycles. The SMILES string of the molecule is COc1cc2ccc(C(C)O)cc2cn1. The maximum Gasteiger partial charge on any atom is 0.213 e. The summed E-state index contributed by atoms with van der Waals surface area (Å²) in [5.74, 6) is 0.604. The van der Waals surface area contributed by atoms with E-state index in [0.717, 1.165) is 16.3 Å². The Hall–Kier alpha value is -1.61. The van der Waals surface area contributed by atoms with Crippen LogP contribution in [0, 0.1) is 0 Å². The van der Waals surface area contributed by atoms with Gasteiger partial charge in [0, 0.05) is 17.6 Å². The number of hydrogen-bond acceptors (Lipinski definition) is 3. The number of aliphatic hydroxyl groups excluding tert-OH is 1. The van der Waals surface area contributed by atoms with Crippen LogP contribution in [0.4, 0.5) is 0 Å². The maximum atomic E-state index is 9.44. The summed E-state index contributed by atoms with van der Waals surface area (Å²) in [5.41, 5.74) is 0.898. The van der Waals surface area contributed by atoms with Crippen molar-refractivity contribution < 1.29 is 9.84 Å². The van der Waals surface area contributed by atoms with Crippen LogP contribution in [-0.2, 0) is 0 Å². The highest BCUT2D eigenvalue weighted by Gasteiger charge is 2.03. The first-order valence-corrected chi connectivity index (χ1v) is 4.82. The van der Waals surface area contributed by atoms with E-state index in [-0.39, 0.29) is 0 Å². The number of hydrogen-bond donors (Lipinski definition) is 1. The minimum atomic E-state index is -0.448. The van der Waals surface area contributed by atoms with E-state index in [1.165, 1.54) is 0 Å². The summed E-state index contributed by atoms with van der Waals surface area (Å²) < 4.78 is 5.04. The van der Waals surface area contributed by atoms with Crippen LogP contribution in [0.15, 0.2) is 30.5 Å². The van der Waals surface area contributed by atoms with E-state index >= 15 is 0 Å². The standard InChI is InChI=1S/C12H13NO2/c1-8(14)9-3-4-10-6-12(15-2)13-7-11(10)5-9/h3-8,14H,1-2H3. The predicted octanol–water partition coefficient (Wildman–Crippen LogP) is 2.30. The summed E-state index contributed by atoms with van der Waals surface area (Å²) in [6.07, 6.45) is 1.30. The molecule has 78 valence electrons.